The fourth-order valence-corrected chi connectivity index (χ4v) is 1.18. The van der Waals surface area contributed by atoms with Crippen LogP contribution in [0, 0.1) is 5.92 Å². The summed E-state index contributed by atoms with van der Waals surface area (Å²) in [5.41, 5.74) is 6.84. The van der Waals surface area contributed by atoms with Crippen LogP contribution in [-0.4, -0.2) is 12.3 Å². The molecule has 2 N–H and O–H groups in total. The van der Waals surface area contributed by atoms with Gasteiger partial charge in [-0.05, 0) is 38.7 Å². The quantitative estimate of drug-likeness (QED) is 0.641. The summed E-state index contributed by atoms with van der Waals surface area (Å²) in [4.78, 5) is 4.22. The Morgan fingerprint density at radius 2 is 2.17 bits per heavy atom. The summed E-state index contributed by atoms with van der Waals surface area (Å²) in [6, 6.07) is 0.371. The van der Waals surface area contributed by atoms with E-state index in [9.17, 15) is 0 Å². The first-order valence-electron chi connectivity index (χ1n) is 4.69. The van der Waals surface area contributed by atoms with Crippen LogP contribution in [-0.2, 0) is 0 Å². The number of hydrogen-bond donors (Lipinski definition) is 1. The molecule has 0 amide bonds. The fraction of sp³-hybridized carbons (Fsp3) is 0.700. The lowest BCUT2D eigenvalue weighted by molar-refractivity contribution is 0.365. The van der Waals surface area contributed by atoms with Crippen LogP contribution in [0.4, 0.5) is 0 Å². The molecule has 0 aromatic carbocycles. The molecule has 0 radical (unpaired) electrons. The Kier molecular flexibility index (Phi) is 3.32. The summed E-state index contributed by atoms with van der Waals surface area (Å²) in [6.07, 6.45) is 7.64. The lowest BCUT2D eigenvalue weighted by atomic mass is 9.83. The molecular formula is C10H18N2. The van der Waals surface area contributed by atoms with Gasteiger partial charge in [-0.2, -0.15) is 0 Å². The highest BCUT2D eigenvalue weighted by Gasteiger charge is 2.18. The van der Waals surface area contributed by atoms with E-state index in [0.29, 0.717) is 12.0 Å². The van der Waals surface area contributed by atoms with Gasteiger partial charge in [0.25, 0.3) is 0 Å². The van der Waals surface area contributed by atoms with E-state index in [4.69, 9.17) is 5.73 Å². The van der Waals surface area contributed by atoms with Crippen molar-refractivity contribution in [3.63, 3.8) is 0 Å². The van der Waals surface area contributed by atoms with E-state index in [1.165, 1.54) is 19.3 Å². The van der Waals surface area contributed by atoms with Gasteiger partial charge in [0.05, 0.1) is 0 Å². The number of nitrogens with two attached hydrogens (primary N) is 1. The van der Waals surface area contributed by atoms with Crippen LogP contribution in [0.2, 0.25) is 0 Å². The normalized spacial score (nSPS) is 20.4. The average Bonchev–Trinajstić information content (AvgIpc) is 1.81. The Morgan fingerprint density at radius 1 is 1.50 bits per heavy atom. The standard InChI is InChI=1S/C10H18N2/c1-8(2)12-7-6-10(11)9-4-3-5-9/h6-9H,3-5,11H2,1-2H3/b10-6-,12-7?. The molecule has 0 unspecified atom stereocenters. The van der Waals surface area contributed by atoms with Crippen LogP contribution in [0.3, 0.4) is 0 Å². The molecule has 0 aromatic heterocycles. The van der Waals surface area contributed by atoms with E-state index in [2.05, 4.69) is 18.8 Å². The molecule has 2 nitrogen and oxygen atoms in total. The zero-order valence-corrected chi connectivity index (χ0v) is 7.96. The van der Waals surface area contributed by atoms with E-state index in [-0.39, 0.29) is 0 Å². The second-order valence-corrected chi connectivity index (χ2v) is 3.69. The number of aliphatic imine (C=N–C) groups is 1. The molecule has 0 atom stereocenters. The lowest BCUT2D eigenvalue weighted by Crippen LogP contribution is -2.19. The molecular weight excluding hydrogens is 148 g/mol. The molecule has 2 heteroatoms. The highest BCUT2D eigenvalue weighted by molar-refractivity contribution is 5.72. The highest BCUT2D eigenvalue weighted by atomic mass is 14.7. The predicted octanol–water partition coefficient (Wildman–Crippen LogP) is 2.11. The second-order valence-electron chi connectivity index (χ2n) is 3.69. The molecule has 0 spiro atoms. The maximum absolute atomic E-state index is 5.84. The Hall–Kier alpha value is -0.790. The molecule has 0 saturated heterocycles. The molecule has 0 aromatic rings. The summed E-state index contributed by atoms with van der Waals surface area (Å²) in [5, 5.41) is 0. The van der Waals surface area contributed by atoms with Crippen LogP contribution in [0.5, 0.6) is 0 Å². The third-order valence-corrected chi connectivity index (χ3v) is 2.23. The van der Waals surface area contributed by atoms with E-state index in [0.717, 1.165) is 5.70 Å². The maximum Gasteiger partial charge on any atom is 0.0443 e. The summed E-state index contributed by atoms with van der Waals surface area (Å²) in [5.74, 6) is 0.642. The molecule has 0 heterocycles. The van der Waals surface area contributed by atoms with E-state index in [1.54, 1.807) is 0 Å². The zero-order chi connectivity index (χ0) is 8.97. The number of allylic oxidation sites excluding steroid dienone is 2. The summed E-state index contributed by atoms with van der Waals surface area (Å²) >= 11 is 0. The Labute approximate surface area is 74.6 Å². The zero-order valence-electron chi connectivity index (χ0n) is 7.96. The lowest BCUT2D eigenvalue weighted by Gasteiger charge is -2.25. The number of nitrogens with zero attached hydrogens (tertiary/aromatic N) is 1. The molecule has 68 valence electrons. The highest BCUT2D eigenvalue weighted by Crippen LogP contribution is 2.30. The van der Waals surface area contributed by atoms with Gasteiger partial charge in [-0.15, -0.1) is 0 Å². The summed E-state index contributed by atoms with van der Waals surface area (Å²) in [7, 11) is 0. The van der Waals surface area contributed by atoms with Gasteiger partial charge >= 0.3 is 0 Å². The van der Waals surface area contributed by atoms with Crippen LogP contribution < -0.4 is 5.73 Å². The molecule has 1 fully saturated rings. The summed E-state index contributed by atoms with van der Waals surface area (Å²) in [6.45, 7) is 4.12. The van der Waals surface area contributed by atoms with Crippen LogP contribution in [0.15, 0.2) is 16.8 Å². The topological polar surface area (TPSA) is 38.4 Å². The van der Waals surface area contributed by atoms with Crippen molar-refractivity contribution in [1.29, 1.82) is 0 Å². The minimum atomic E-state index is 0.371. The maximum atomic E-state index is 5.84. The minimum absolute atomic E-state index is 0.371. The fourth-order valence-electron chi connectivity index (χ4n) is 1.18. The third-order valence-electron chi connectivity index (χ3n) is 2.23. The number of rotatable bonds is 3. The van der Waals surface area contributed by atoms with E-state index in [1.807, 2.05) is 12.3 Å². The van der Waals surface area contributed by atoms with Gasteiger partial charge in [0.15, 0.2) is 0 Å². The van der Waals surface area contributed by atoms with Gasteiger partial charge in [0, 0.05) is 18.0 Å². The first-order chi connectivity index (χ1) is 5.70. The molecule has 1 rings (SSSR count). The van der Waals surface area contributed by atoms with Gasteiger partial charge in [0.1, 0.15) is 0 Å². The van der Waals surface area contributed by atoms with Crippen LogP contribution >= 0.6 is 0 Å². The molecule has 1 aliphatic carbocycles. The number of hydrogen-bond acceptors (Lipinski definition) is 2. The van der Waals surface area contributed by atoms with Crippen molar-refractivity contribution in [1.82, 2.24) is 0 Å². The first kappa shape index (κ1) is 9.30. The van der Waals surface area contributed by atoms with Crippen LogP contribution in [0.25, 0.3) is 0 Å². The molecule has 0 aliphatic heterocycles. The van der Waals surface area contributed by atoms with Crippen molar-refractivity contribution < 1.29 is 0 Å². The van der Waals surface area contributed by atoms with E-state index >= 15 is 0 Å². The SMILES string of the molecule is CC(C)N=C/C=C(\N)C1CCC1. The minimum Gasteiger partial charge on any atom is -0.402 e. The van der Waals surface area contributed by atoms with Crippen molar-refractivity contribution in [2.75, 3.05) is 0 Å². The van der Waals surface area contributed by atoms with Gasteiger partial charge in [-0.1, -0.05) is 6.42 Å². The predicted molar refractivity (Wildman–Crippen MR) is 53.2 cm³/mol. The van der Waals surface area contributed by atoms with Crippen molar-refractivity contribution >= 4 is 6.21 Å². The molecule has 12 heavy (non-hydrogen) atoms. The second kappa shape index (κ2) is 4.29. The Bertz CT molecular complexity index is 188. The monoisotopic (exact) mass is 166 g/mol. The van der Waals surface area contributed by atoms with Crippen molar-refractivity contribution in [3.8, 4) is 0 Å². The van der Waals surface area contributed by atoms with Gasteiger partial charge < -0.3 is 5.73 Å². The molecule has 0 bridgehead atoms. The first-order valence-corrected chi connectivity index (χ1v) is 4.69. The van der Waals surface area contributed by atoms with E-state index < -0.39 is 0 Å². The average molecular weight is 166 g/mol. The van der Waals surface area contributed by atoms with Crippen molar-refractivity contribution in [2.45, 2.75) is 39.2 Å². The molecule has 1 saturated carbocycles. The van der Waals surface area contributed by atoms with Crippen molar-refractivity contribution in [2.24, 2.45) is 16.6 Å². The summed E-state index contributed by atoms with van der Waals surface area (Å²) < 4.78 is 0. The Balaban J connectivity index is 2.34. The molecule has 1 aliphatic rings. The Morgan fingerprint density at radius 3 is 2.58 bits per heavy atom. The third kappa shape index (κ3) is 2.68. The van der Waals surface area contributed by atoms with Gasteiger partial charge in [0.2, 0.25) is 0 Å². The largest absolute Gasteiger partial charge is 0.402 e. The van der Waals surface area contributed by atoms with Crippen molar-refractivity contribution in [3.05, 3.63) is 11.8 Å². The van der Waals surface area contributed by atoms with Crippen LogP contribution in [0.1, 0.15) is 33.1 Å². The van der Waals surface area contributed by atoms with Gasteiger partial charge in [-0.25, -0.2) is 0 Å². The smallest absolute Gasteiger partial charge is 0.0443 e. The van der Waals surface area contributed by atoms with Gasteiger partial charge in [-0.3, -0.25) is 4.99 Å².